The Morgan fingerprint density at radius 1 is 0.224 bits per heavy atom. The van der Waals surface area contributed by atoms with Gasteiger partial charge in [0.1, 0.15) is 0 Å². The van der Waals surface area contributed by atoms with E-state index in [4.69, 9.17) is 0 Å². The fourth-order valence-corrected chi connectivity index (χ4v) is 13.3. The molecule has 0 saturated carbocycles. The lowest BCUT2D eigenvalue weighted by Gasteiger charge is -2.38. The van der Waals surface area contributed by atoms with Crippen LogP contribution in [-0.2, 0) is 25.7 Å². The Morgan fingerprint density at radius 3 is 0.566 bits per heavy atom. The van der Waals surface area contributed by atoms with Crippen LogP contribution in [0.25, 0.3) is 66.8 Å². The zero-order valence-corrected chi connectivity index (χ0v) is 52.0. The zero-order chi connectivity index (χ0) is 55.4. The van der Waals surface area contributed by atoms with Crippen molar-refractivity contribution in [2.24, 2.45) is 0 Å². The van der Waals surface area contributed by atoms with Gasteiger partial charge in [-0.3, -0.25) is 0 Å². The van der Waals surface area contributed by atoms with Crippen molar-refractivity contribution in [3.8, 4) is 66.8 Å². The summed E-state index contributed by atoms with van der Waals surface area (Å²) < 4.78 is 0. The van der Waals surface area contributed by atoms with Gasteiger partial charge in [-0.25, -0.2) is 0 Å². The Hall–Kier alpha value is -4.68. The van der Waals surface area contributed by atoms with Gasteiger partial charge in [0.05, 0.1) is 0 Å². The van der Waals surface area contributed by atoms with E-state index in [0.29, 0.717) is 47.3 Å². The van der Waals surface area contributed by atoms with Gasteiger partial charge in [0, 0.05) is 0 Å². The first kappa shape index (κ1) is 59.0. The van der Waals surface area contributed by atoms with Crippen molar-refractivity contribution in [1.82, 2.24) is 0 Å². The van der Waals surface area contributed by atoms with Crippen LogP contribution in [0.15, 0.2) is 72.8 Å². The maximum absolute atomic E-state index is 2.76. The molecule has 0 heterocycles. The summed E-state index contributed by atoms with van der Waals surface area (Å²) in [6.45, 7) is 48.9. The fraction of sp³-hybridized carbons (Fsp3) is 0.526. The predicted molar refractivity (Wildman–Crippen MR) is 340 cm³/mol. The normalized spacial score (nSPS) is 15.3. The second-order valence-corrected chi connectivity index (χ2v) is 24.2. The molecule has 1 aliphatic rings. The molecule has 76 heavy (non-hydrogen) atoms. The van der Waals surface area contributed by atoms with Crippen molar-refractivity contribution in [1.29, 1.82) is 0 Å². The highest BCUT2D eigenvalue weighted by Crippen LogP contribution is 2.65. The molecule has 0 aliphatic heterocycles. The van der Waals surface area contributed by atoms with Gasteiger partial charge in [-0.2, -0.15) is 0 Å². The maximum Gasteiger partial charge on any atom is -0.000730 e. The number of benzene rings is 6. The summed E-state index contributed by atoms with van der Waals surface area (Å²) in [5, 5.41) is 0. The molecule has 7 rings (SSSR count). The molecule has 0 spiro atoms. The van der Waals surface area contributed by atoms with Crippen molar-refractivity contribution in [3.05, 3.63) is 140 Å². The third-order valence-electron chi connectivity index (χ3n) is 20.0. The standard InChI is InChI=1S/C76H104/c1-21-45(13)59-41-63(49(17)25-5)67(37-53(59)29-9)73-71-57-35-33-34-36-58(57)72(71)74(68-38-54(30-10)60(46(14)22-2)42-64(68)50(18)26-6)76(70-40-56(32-12)62(48(16)24-4)44-66(70)52(20)28-8)75(73)69-39-55(31-11)61(47(15)23-3)43-65(69)51(19)27-7/h33-52H,21-32H2,1-20H3. The van der Waals surface area contributed by atoms with Crippen molar-refractivity contribution < 1.29 is 0 Å². The molecule has 8 atom stereocenters. The quantitative estimate of drug-likeness (QED) is 0.0566. The molecule has 0 N–H and O–H groups in total. The largest absolute Gasteiger partial charge is 0.0648 e. The molecule has 6 aromatic rings. The van der Waals surface area contributed by atoms with Crippen LogP contribution in [-0.4, -0.2) is 0 Å². The summed E-state index contributed by atoms with van der Waals surface area (Å²) >= 11 is 0. The van der Waals surface area contributed by atoms with E-state index in [1.807, 2.05) is 0 Å². The highest BCUT2D eigenvalue weighted by Gasteiger charge is 2.39. The van der Waals surface area contributed by atoms with Crippen LogP contribution in [0, 0.1) is 0 Å². The average molecular weight is 1020 g/mol. The summed E-state index contributed by atoms with van der Waals surface area (Å²) in [6, 6.07) is 31.5. The van der Waals surface area contributed by atoms with E-state index in [0.717, 1.165) is 77.0 Å². The maximum atomic E-state index is 2.76. The Bertz CT molecular complexity index is 2780. The molecule has 0 saturated heterocycles. The topological polar surface area (TPSA) is 0 Å². The number of fused-ring (bicyclic) bond motifs is 4. The SMILES string of the molecule is CCc1cc(-c2c3c(c(-c4cc(CC)c(C(C)CC)cc4C(C)CC)c(-c4cc(CC)c(C(C)CC)cc4C(C)CC)c2-c2cc(CC)c(C(C)CC)cc2C(C)CC)-c2ccccc2-3)c(C(C)CC)cc1C(C)CC. The molecule has 408 valence electrons. The molecule has 6 aromatic carbocycles. The average Bonchev–Trinajstić information content (AvgIpc) is 3.61. The third kappa shape index (κ3) is 10.6. The highest BCUT2D eigenvalue weighted by atomic mass is 14.4. The van der Waals surface area contributed by atoms with E-state index in [9.17, 15) is 0 Å². The molecule has 0 nitrogen and oxygen atoms in total. The molecule has 0 amide bonds. The molecule has 8 unspecified atom stereocenters. The predicted octanol–water partition coefficient (Wildman–Crippen LogP) is 24.4. The summed E-state index contributed by atoms with van der Waals surface area (Å²) in [6.07, 6.45) is 13.0. The van der Waals surface area contributed by atoms with E-state index in [1.54, 1.807) is 22.3 Å². The number of aryl methyl sites for hydroxylation is 4. The van der Waals surface area contributed by atoms with E-state index in [-0.39, 0.29) is 0 Å². The number of hydrogen-bond donors (Lipinski definition) is 0. The second-order valence-electron chi connectivity index (χ2n) is 24.2. The minimum atomic E-state index is 0.365. The van der Waals surface area contributed by atoms with Crippen LogP contribution < -0.4 is 0 Å². The molecule has 1 aliphatic carbocycles. The minimum absolute atomic E-state index is 0.365. The molecule has 0 bridgehead atoms. The van der Waals surface area contributed by atoms with Crippen molar-refractivity contribution in [2.75, 3.05) is 0 Å². The monoisotopic (exact) mass is 1020 g/mol. The number of hydrogen-bond acceptors (Lipinski definition) is 0. The molecule has 0 fully saturated rings. The fourth-order valence-electron chi connectivity index (χ4n) is 13.3. The Labute approximate surface area is 466 Å². The van der Waals surface area contributed by atoms with E-state index < -0.39 is 0 Å². The lowest BCUT2D eigenvalue weighted by atomic mass is 9.64. The summed E-state index contributed by atoms with van der Waals surface area (Å²) in [7, 11) is 0. The first-order valence-corrected chi connectivity index (χ1v) is 31.5. The van der Waals surface area contributed by atoms with E-state index in [1.165, 1.54) is 111 Å². The lowest BCUT2D eigenvalue weighted by Crippen LogP contribution is -2.14. The Kier molecular flexibility index (Phi) is 19.7. The van der Waals surface area contributed by atoms with Gasteiger partial charge in [0.15, 0.2) is 0 Å². The molecular weight excluding hydrogens is 913 g/mol. The molecular formula is C76H104. The summed E-state index contributed by atoms with van der Waals surface area (Å²) in [5.74, 6) is 3.44. The van der Waals surface area contributed by atoms with E-state index in [2.05, 4.69) is 211 Å². The van der Waals surface area contributed by atoms with Crippen molar-refractivity contribution in [3.63, 3.8) is 0 Å². The third-order valence-corrected chi connectivity index (χ3v) is 20.0. The van der Waals surface area contributed by atoms with Gasteiger partial charge in [-0.05, 0) is 258 Å². The van der Waals surface area contributed by atoms with Crippen LogP contribution in [0.1, 0.15) is 304 Å². The summed E-state index contributed by atoms with van der Waals surface area (Å²) in [5.41, 5.74) is 35.9. The van der Waals surface area contributed by atoms with Crippen LogP contribution in [0.3, 0.4) is 0 Å². The van der Waals surface area contributed by atoms with Gasteiger partial charge in [0.25, 0.3) is 0 Å². The first-order valence-electron chi connectivity index (χ1n) is 31.5. The second kappa shape index (κ2) is 25.4. The molecule has 0 heteroatoms. The van der Waals surface area contributed by atoms with Crippen LogP contribution in [0.5, 0.6) is 0 Å². The zero-order valence-electron chi connectivity index (χ0n) is 52.0. The van der Waals surface area contributed by atoms with Gasteiger partial charge in [0.2, 0.25) is 0 Å². The molecule has 0 radical (unpaired) electrons. The Balaban J connectivity index is 1.98. The van der Waals surface area contributed by atoms with Gasteiger partial charge in [-0.1, -0.05) is 211 Å². The van der Waals surface area contributed by atoms with Gasteiger partial charge in [-0.15, -0.1) is 0 Å². The molecule has 0 aromatic heterocycles. The van der Waals surface area contributed by atoms with Gasteiger partial charge < -0.3 is 0 Å². The van der Waals surface area contributed by atoms with Crippen LogP contribution in [0.2, 0.25) is 0 Å². The van der Waals surface area contributed by atoms with Crippen molar-refractivity contribution >= 4 is 0 Å². The van der Waals surface area contributed by atoms with Crippen LogP contribution >= 0.6 is 0 Å². The minimum Gasteiger partial charge on any atom is -0.0648 e. The van der Waals surface area contributed by atoms with Crippen molar-refractivity contribution in [2.45, 2.75) is 263 Å². The smallest absolute Gasteiger partial charge is 0.000730 e. The lowest BCUT2D eigenvalue weighted by molar-refractivity contribution is 0.704. The first-order chi connectivity index (χ1) is 36.5. The highest BCUT2D eigenvalue weighted by molar-refractivity contribution is 6.23. The van der Waals surface area contributed by atoms with Gasteiger partial charge >= 0.3 is 0 Å². The Morgan fingerprint density at radius 2 is 0.395 bits per heavy atom. The summed E-state index contributed by atoms with van der Waals surface area (Å²) in [4.78, 5) is 0. The van der Waals surface area contributed by atoms with E-state index >= 15 is 0 Å². The van der Waals surface area contributed by atoms with Crippen LogP contribution in [0.4, 0.5) is 0 Å². The number of rotatable bonds is 24.